The van der Waals surface area contributed by atoms with E-state index in [9.17, 15) is 9.59 Å². The van der Waals surface area contributed by atoms with E-state index < -0.39 is 0 Å². The number of esters is 1. The normalized spacial score (nSPS) is 14.1. The molecule has 0 spiro atoms. The topological polar surface area (TPSA) is 83.3 Å². The SMILES string of the molecule is CCOC(=O)CC(c1cc(OC)c2c(c1)nnn2C)c1ccc(C)c2c1CCC2=O. The maximum absolute atomic E-state index is 12.5. The quantitative estimate of drug-likeness (QED) is 0.582. The summed E-state index contributed by atoms with van der Waals surface area (Å²) in [6, 6.07) is 7.87. The largest absolute Gasteiger partial charge is 0.494 e. The van der Waals surface area contributed by atoms with E-state index in [1.165, 1.54) is 0 Å². The van der Waals surface area contributed by atoms with E-state index >= 15 is 0 Å². The number of carbonyl (C=O) groups is 2. The number of rotatable bonds is 6. The lowest BCUT2D eigenvalue weighted by atomic mass is 9.83. The smallest absolute Gasteiger partial charge is 0.306 e. The molecule has 1 aliphatic rings. The summed E-state index contributed by atoms with van der Waals surface area (Å²) in [6.45, 7) is 4.08. The van der Waals surface area contributed by atoms with E-state index in [1.54, 1.807) is 18.7 Å². The number of nitrogens with zero attached hydrogens (tertiary/aromatic N) is 3. The van der Waals surface area contributed by atoms with Crippen molar-refractivity contribution in [2.45, 2.75) is 39.0 Å². The number of ketones is 1. The van der Waals surface area contributed by atoms with Crippen molar-refractivity contribution in [2.75, 3.05) is 13.7 Å². The Kier molecular flexibility index (Phi) is 5.28. The van der Waals surface area contributed by atoms with Gasteiger partial charge in [0.15, 0.2) is 5.78 Å². The van der Waals surface area contributed by atoms with Crippen LogP contribution in [0.1, 0.15) is 58.3 Å². The molecule has 0 saturated heterocycles. The standard InChI is InChI=1S/C23H25N3O4/c1-5-30-21(28)12-17(15-7-6-13(2)22-16(15)8-9-19(22)27)14-10-18-23(20(11-14)29-4)26(3)25-24-18/h6-7,10-11,17H,5,8-9,12H2,1-4H3. The van der Waals surface area contributed by atoms with E-state index in [4.69, 9.17) is 9.47 Å². The van der Waals surface area contributed by atoms with Crippen molar-refractivity contribution in [3.63, 3.8) is 0 Å². The van der Waals surface area contributed by atoms with Gasteiger partial charge in [0.25, 0.3) is 0 Å². The predicted octanol–water partition coefficient (Wildman–Crippen LogP) is 3.50. The summed E-state index contributed by atoms with van der Waals surface area (Å²) in [5.74, 6) is 0.258. The number of hydrogen-bond acceptors (Lipinski definition) is 6. The van der Waals surface area contributed by atoms with Crippen molar-refractivity contribution in [3.8, 4) is 5.75 Å². The van der Waals surface area contributed by atoms with Crippen molar-refractivity contribution >= 4 is 22.8 Å². The van der Waals surface area contributed by atoms with Crippen molar-refractivity contribution in [2.24, 2.45) is 7.05 Å². The van der Waals surface area contributed by atoms with E-state index in [1.807, 2.05) is 38.2 Å². The summed E-state index contributed by atoms with van der Waals surface area (Å²) in [5, 5.41) is 8.34. The third-order valence-electron chi connectivity index (χ3n) is 5.80. The van der Waals surface area contributed by atoms with Crippen LogP contribution in [0.3, 0.4) is 0 Å². The molecule has 1 aliphatic carbocycles. The van der Waals surface area contributed by atoms with Gasteiger partial charge in [-0.15, -0.1) is 5.10 Å². The molecule has 7 heteroatoms. The van der Waals surface area contributed by atoms with Gasteiger partial charge in [0, 0.05) is 24.9 Å². The molecule has 0 fully saturated rings. The van der Waals surface area contributed by atoms with Gasteiger partial charge in [-0.25, -0.2) is 4.68 Å². The molecule has 30 heavy (non-hydrogen) atoms. The number of ether oxygens (including phenoxy) is 2. The molecule has 0 aliphatic heterocycles. The zero-order valence-electron chi connectivity index (χ0n) is 17.7. The zero-order chi connectivity index (χ0) is 21.4. The Morgan fingerprint density at radius 2 is 2.07 bits per heavy atom. The maximum atomic E-state index is 12.5. The zero-order valence-corrected chi connectivity index (χ0v) is 17.7. The summed E-state index contributed by atoms with van der Waals surface area (Å²) in [6.07, 6.45) is 1.37. The molecule has 156 valence electrons. The van der Waals surface area contributed by atoms with Crippen LogP contribution in [-0.4, -0.2) is 40.5 Å². The summed E-state index contributed by atoms with van der Waals surface area (Å²) in [7, 11) is 3.42. The van der Waals surface area contributed by atoms with Gasteiger partial charge in [-0.3, -0.25) is 9.59 Å². The molecule has 7 nitrogen and oxygen atoms in total. The van der Waals surface area contributed by atoms with Gasteiger partial charge >= 0.3 is 5.97 Å². The molecule has 0 amide bonds. The van der Waals surface area contributed by atoms with Crippen LogP contribution in [-0.2, 0) is 23.0 Å². The number of fused-ring (bicyclic) bond motifs is 2. The first-order valence-corrected chi connectivity index (χ1v) is 10.1. The Labute approximate surface area is 175 Å². The van der Waals surface area contributed by atoms with Crippen LogP contribution < -0.4 is 4.74 Å². The monoisotopic (exact) mass is 407 g/mol. The molecular formula is C23H25N3O4. The highest BCUT2D eigenvalue weighted by molar-refractivity contribution is 6.02. The number of hydrogen-bond donors (Lipinski definition) is 0. The Morgan fingerprint density at radius 1 is 1.27 bits per heavy atom. The Balaban J connectivity index is 1.90. The van der Waals surface area contributed by atoms with Crippen LogP contribution in [0.2, 0.25) is 0 Å². The Morgan fingerprint density at radius 3 is 2.80 bits per heavy atom. The average molecular weight is 407 g/mol. The van der Waals surface area contributed by atoms with E-state index in [0.29, 0.717) is 30.7 Å². The van der Waals surface area contributed by atoms with Crippen LogP contribution in [0.15, 0.2) is 24.3 Å². The average Bonchev–Trinajstić information content (AvgIpc) is 3.30. The highest BCUT2D eigenvalue weighted by atomic mass is 16.5. The molecular weight excluding hydrogens is 382 g/mol. The van der Waals surface area contributed by atoms with E-state index in [0.717, 1.165) is 33.3 Å². The lowest BCUT2D eigenvalue weighted by molar-refractivity contribution is -0.143. The van der Waals surface area contributed by atoms with Crippen molar-refractivity contribution in [3.05, 3.63) is 52.1 Å². The molecule has 0 radical (unpaired) electrons. The fraction of sp³-hybridized carbons (Fsp3) is 0.391. The molecule has 2 aromatic carbocycles. The second-order valence-electron chi connectivity index (χ2n) is 7.61. The third-order valence-corrected chi connectivity index (χ3v) is 5.80. The van der Waals surface area contributed by atoms with E-state index in [2.05, 4.69) is 10.3 Å². The minimum absolute atomic E-state index is 0.168. The lowest BCUT2D eigenvalue weighted by Crippen LogP contribution is -2.14. The maximum Gasteiger partial charge on any atom is 0.306 e. The minimum Gasteiger partial charge on any atom is -0.494 e. The van der Waals surface area contributed by atoms with Gasteiger partial charge in [0.2, 0.25) is 0 Å². The van der Waals surface area contributed by atoms with Crippen LogP contribution in [0.4, 0.5) is 0 Å². The fourth-order valence-electron chi connectivity index (χ4n) is 4.45. The number of Topliss-reactive ketones (excluding diaryl/α,β-unsaturated/α-hetero) is 1. The third kappa shape index (κ3) is 3.34. The molecule has 0 N–H and O–H groups in total. The molecule has 1 unspecified atom stereocenters. The fourth-order valence-corrected chi connectivity index (χ4v) is 4.45. The summed E-state index contributed by atoms with van der Waals surface area (Å²) >= 11 is 0. The Hall–Kier alpha value is -3.22. The van der Waals surface area contributed by atoms with Gasteiger partial charge < -0.3 is 9.47 Å². The lowest BCUT2D eigenvalue weighted by Gasteiger charge is -2.22. The molecule has 3 aromatic rings. The molecule has 0 saturated carbocycles. The number of benzene rings is 2. The number of aryl methyl sites for hydroxylation is 2. The first kappa shape index (κ1) is 20.1. The summed E-state index contributed by atoms with van der Waals surface area (Å²) in [4.78, 5) is 25.0. The highest BCUT2D eigenvalue weighted by Gasteiger charge is 2.30. The van der Waals surface area contributed by atoms with E-state index in [-0.39, 0.29) is 24.1 Å². The van der Waals surface area contributed by atoms with Crippen molar-refractivity contribution in [1.29, 1.82) is 0 Å². The predicted molar refractivity (Wildman–Crippen MR) is 112 cm³/mol. The number of aromatic nitrogens is 3. The van der Waals surface area contributed by atoms with Crippen molar-refractivity contribution in [1.82, 2.24) is 15.0 Å². The molecule has 4 rings (SSSR count). The van der Waals surface area contributed by atoms with Crippen LogP contribution in [0, 0.1) is 6.92 Å². The molecule has 1 heterocycles. The van der Waals surface area contributed by atoms with Crippen molar-refractivity contribution < 1.29 is 19.1 Å². The molecule has 1 aromatic heterocycles. The van der Waals surface area contributed by atoms with Gasteiger partial charge in [-0.1, -0.05) is 17.3 Å². The number of carbonyl (C=O) groups excluding carboxylic acids is 2. The number of methoxy groups -OCH3 is 1. The first-order chi connectivity index (χ1) is 14.4. The van der Waals surface area contributed by atoms with Gasteiger partial charge in [0.1, 0.15) is 16.8 Å². The van der Waals surface area contributed by atoms with Crippen LogP contribution >= 0.6 is 0 Å². The van der Waals surface area contributed by atoms with Crippen LogP contribution in [0.25, 0.3) is 11.0 Å². The highest BCUT2D eigenvalue weighted by Crippen LogP contribution is 2.39. The summed E-state index contributed by atoms with van der Waals surface area (Å²) < 4.78 is 12.5. The minimum atomic E-state index is -0.278. The Bertz CT molecular complexity index is 1150. The molecule has 1 atom stereocenters. The summed E-state index contributed by atoms with van der Waals surface area (Å²) in [5.41, 5.74) is 6.17. The van der Waals surface area contributed by atoms with Crippen LogP contribution in [0.5, 0.6) is 5.75 Å². The second-order valence-corrected chi connectivity index (χ2v) is 7.61. The van der Waals surface area contributed by atoms with Gasteiger partial charge in [-0.05, 0) is 54.7 Å². The first-order valence-electron chi connectivity index (χ1n) is 10.1. The molecule has 0 bridgehead atoms. The van der Waals surface area contributed by atoms with Gasteiger partial charge in [-0.2, -0.15) is 0 Å². The van der Waals surface area contributed by atoms with Gasteiger partial charge in [0.05, 0.1) is 20.1 Å². The second kappa shape index (κ2) is 7.89.